The minimum atomic E-state index is -1.95. The van der Waals surface area contributed by atoms with Crippen LogP contribution in [0.3, 0.4) is 0 Å². The highest BCUT2D eigenvalue weighted by Gasteiger charge is 2.42. The molecule has 0 spiro atoms. The number of aliphatic hydroxyl groups excluding tert-OH is 1. The number of ketones is 1. The zero-order valence-corrected chi connectivity index (χ0v) is 41.9. The molecule has 2 heterocycles. The van der Waals surface area contributed by atoms with Crippen LogP contribution in [0, 0.1) is 11.8 Å². The van der Waals surface area contributed by atoms with Crippen LogP contribution in [0.25, 0.3) is 0 Å². The van der Waals surface area contributed by atoms with Crippen molar-refractivity contribution in [3.8, 4) is 0 Å². The Hall–Kier alpha value is -1.04. The van der Waals surface area contributed by atoms with Crippen molar-refractivity contribution in [1.29, 1.82) is 0 Å². The average Bonchev–Trinajstić information content (AvgIpc) is 3.07. The first-order chi connectivity index (χ1) is 27.2. The largest absolute Gasteiger partial charge is 0.413 e. The Labute approximate surface area is 361 Å². The highest BCUT2D eigenvalue weighted by atomic mass is 28.4. The molecule has 0 aromatic heterocycles. The second kappa shape index (κ2) is 23.1. The lowest BCUT2D eigenvalue weighted by Gasteiger charge is -2.43. The van der Waals surface area contributed by atoms with E-state index in [2.05, 4.69) is 74.3 Å². The van der Waals surface area contributed by atoms with Crippen LogP contribution in [0.15, 0.2) is 30.3 Å². The topological polar surface area (TPSA) is 111 Å². The van der Waals surface area contributed by atoms with Crippen molar-refractivity contribution < 1.29 is 47.5 Å². The van der Waals surface area contributed by atoms with E-state index in [9.17, 15) is 9.90 Å². The van der Waals surface area contributed by atoms with Crippen LogP contribution < -0.4 is 0 Å². The smallest absolute Gasteiger partial charge is 0.192 e. The zero-order valence-electron chi connectivity index (χ0n) is 39.9. The molecule has 0 unspecified atom stereocenters. The molecule has 59 heavy (non-hydrogen) atoms. The van der Waals surface area contributed by atoms with E-state index >= 15 is 0 Å². The summed E-state index contributed by atoms with van der Waals surface area (Å²) in [5.41, 5.74) is 1.10. The summed E-state index contributed by atoms with van der Waals surface area (Å²) in [5, 5.41) is 11.3. The number of rotatable bonds is 25. The standard InChI is InChI=1S/C47H86O10Si2/c1-34(2)44(57-59(14,15)45(4,5)6)35(3)21-22-39(52-33-50-23-24-58(11,12)13)28-42-29-40(53-46(7,8)55-42)26-37(48)25-38(49)27-41-30-43(56-47(9,10)54-41)32-51-31-36-19-17-16-18-20-36/h16-20,34-35,38-44,49H,21-33H2,1-15H3/t35-,38+,39+,40-,41+,42+,43+,44-/m0/s1. The van der Waals surface area contributed by atoms with Gasteiger partial charge >= 0.3 is 0 Å². The van der Waals surface area contributed by atoms with Crippen LogP contribution >= 0.6 is 0 Å². The van der Waals surface area contributed by atoms with E-state index in [4.69, 9.17) is 37.6 Å². The Kier molecular flexibility index (Phi) is 20.4. The number of ether oxygens (including phenoxy) is 7. The Balaban J connectivity index is 1.58. The van der Waals surface area contributed by atoms with Crippen LogP contribution in [0.2, 0.25) is 43.8 Å². The molecular formula is C47H86O10Si2. The molecule has 8 atom stereocenters. The molecule has 1 N–H and O–H groups in total. The molecular weight excluding hydrogens is 781 g/mol. The first kappa shape index (κ1) is 52.3. The van der Waals surface area contributed by atoms with E-state index in [0.29, 0.717) is 57.3 Å². The van der Waals surface area contributed by atoms with Crippen LogP contribution in [0.1, 0.15) is 126 Å². The number of carbonyl (C=O) groups is 1. The summed E-state index contributed by atoms with van der Waals surface area (Å²) < 4.78 is 50.6. The van der Waals surface area contributed by atoms with Crippen molar-refractivity contribution in [1.82, 2.24) is 0 Å². The fourth-order valence-electron chi connectivity index (χ4n) is 8.01. The summed E-state index contributed by atoms with van der Waals surface area (Å²) in [6, 6.07) is 11.1. The minimum absolute atomic E-state index is 0.0353. The van der Waals surface area contributed by atoms with Crippen LogP contribution in [-0.4, -0.2) is 102 Å². The second-order valence-corrected chi connectivity index (χ2v) is 31.9. The predicted octanol–water partition coefficient (Wildman–Crippen LogP) is 10.7. The maximum atomic E-state index is 13.5. The quantitative estimate of drug-likeness (QED) is 0.0579. The molecule has 2 aliphatic rings. The highest BCUT2D eigenvalue weighted by Crippen LogP contribution is 2.40. The number of aliphatic hydroxyl groups is 1. The van der Waals surface area contributed by atoms with Gasteiger partial charge < -0.3 is 42.7 Å². The normalized spacial score (nSPS) is 24.8. The summed E-state index contributed by atoms with van der Waals surface area (Å²) in [4.78, 5) is 13.5. The van der Waals surface area contributed by atoms with Crippen molar-refractivity contribution in [2.45, 2.75) is 225 Å². The molecule has 2 saturated heterocycles. The van der Waals surface area contributed by atoms with E-state index in [1.54, 1.807) is 0 Å². The van der Waals surface area contributed by atoms with Gasteiger partial charge in [0.05, 0.1) is 49.8 Å². The Morgan fingerprint density at radius 1 is 0.831 bits per heavy atom. The van der Waals surface area contributed by atoms with Gasteiger partial charge in [-0.05, 0) is 82.1 Å². The lowest BCUT2D eigenvalue weighted by atomic mass is 9.89. The van der Waals surface area contributed by atoms with Crippen molar-refractivity contribution in [2.24, 2.45) is 11.8 Å². The molecule has 10 nitrogen and oxygen atoms in total. The van der Waals surface area contributed by atoms with E-state index < -0.39 is 34.1 Å². The van der Waals surface area contributed by atoms with Gasteiger partial charge in [-0.3, -0.25) is 4.79 Å². The first-order valence-electron chi connectivity index (χ1n) is 22.6. The van der Waals surface area contributed by atoms with Gasteiger partial charge in [0.15, 0.2) is 19.9 Å². The van der Waals surface area contributed by atoms with E-state index in [1.807, 2.05) is 58.0 Å². The van der Waals surface area contributed by atoms with Gasteiger partial charge in [-0.25, -0.2) is 0 Å². The molecule has 0 aliphatic carbocycles. The molecule has 0 amide bonds. The summed E-state index contributed by atoms with van der Waals surface area (Å²) in [7, 11) is -3.18. The third-order valence-electron chi connectivity index (χ3n) is 12.0. The summed E-state index contributed by atoms with van der Waals surface area (Å²) >= 11 is 0. The lowest BCUT2D eigenvalue weighted by Crippen LogP contribution is -2.47. The number of benzene rings is 1. The fourth-order valence-corrected chi connectivity index (χ4v) is 10.3. The molecule has 12 heteroatoms. The van der Waals surface area contributed by atoms with Gasteiger partial charge in [0.2, 0.25) is 0 Å². The molecule has 0 radical (unpaired) electrons. The SMILES string of the molecule is CC(C)[C@H](O[Si](C)(C)C(C)(C)C)[C@@H](C)CC[C@H](C[C@@H]1C[C@H](CC(=O)C[C@@H](O)C[C@@H]2C[C@H](COCc3ccccc3)OC(C)(C)O2)OC(C)(C)O1)OCOCC[Si](C)(C)C. The van der Waals surface area contributed by atoms with Gasteiger partial charge in [0.1, 0.15) is 12.6 Å². The van der Waals surface area contributed by atoms with E-state index in [0.717, 1.165) is 24.4 Å². The van der Waals surface area contributed by atoms with Gasteiger partial charge in [-0.15, -0.1) is 0 Å². The minimum Gasteiger partial charge on any atom is -0.413 e. The molecule has 2 aliphatic heterocycles. The molecule has 342 valence electrons. The first-order valence-corrected chi connectivity index (χ1v) is 29.2. The number of carbonyl (C=O) groups excluding carboxylic acids is 1. The summed E-state index contributed by atoms with van der Waals surface area (Å²) in [6.07, 6.45) is 2.53. The Morgan fingerprint density at radius 2 is 1.41 bits per heavy atom. The third kappa shape index (κ3) is 19.9. The van der Waals surface area contributed by atoms with Crippen molar-refractivity contribution in [3.63, 3.8) is 0 Å². The molecule has 0 saturated carbocycles. The Morgan fingerprint density at radius 3 is 2.00 bits per heavy atom. The number of hydrogen-bond acceptors (Lipinski definition) is 10. The Bertz CT molecular complexity index is 1360. The van der Waals surface area contributed by atoms with Gasteiger partial charge in [-0.2, -0.15) is 0 Å². The van der Waals surface area contributed by atoms with Crippen LogP contribution in [0.4, 0.5) is 0 Å². The molecule has 3 rings (SSSR count). The highest BCUT2D eigenvalue weighted by molar-refractivity contribution is 6.76. The average molecular weight is 867 g/mol. The second-order valence-electron chi connectivity index (χ2n) is 21.6. The van der Waals surface area contributed by atoms with Gasteiger partial charge in [-0.1, -0.05) is 91.5 Å². The monoisotopic (exact) mass is 867 g/mol. The van der Waals surface area contributed by atoms with E-state index in [-0.39, 0.29) is 67.1 Å². The van der Waals surface area contributed by atoms with E-state index in [1.165, 1.54) is 0 Å². The number of hydrogen-bond donors (Lipinski definition) is 1. The van der Waals surface area contributed by atoms with Gasteiger partial charge in [0.25, 0.3) is 0 Å². The van der Waals surface area contributed by atoms with Crippen LogP contribution in [0.5, 0.6) is 0 Å². The zero-order chi connectivity index (χ0) is 44.2. The maximum absolute atomic E-state index is 13.5. The summed E-state index contributed by atoms with van der Waals surface area (Å²) in [5.74, 6) is -0.970. The lowest BCUT2D eigenvalue weighted by molar-refractivity contribution is -0.308. The molecule has 1 aromatic rings. The maximum Gasteiger partial charge on any atom is 0.192 e. The molecule has 2 fully saturated rings. The third-order valence-corrected chi connectivity index (χ3v) is 18.2. The molecule has 1 aromatic carbocycles. The van der Waals surface area contributed by atoms with Crippen LogP contribution in [-0.2, 0) is 49.0 Å². The fraction of sp³-hybridized carbons (Fsp3) is 0.851. The van der Waals surface area contributed by atoms with Crippen molar-refractivity contribution in [3.05, 3.63) is 35.9 Å². The van der Waals surface area contributed by atoms with Crippen molar-refractivity contribution >= 4 is 22.2 Å². The summed E-state index contributed by atoms with van der Waals surface area (Å²) in [6.45, 7) is 35.0. The number of Topliss-reactive ketones (excluding diaryl/α,β-unsaturated/α-hetero) is 1. The predicted molar refractivity (Wildman–Crippen MR) is 242 cm³/mol. The molecule has 0 bridgehead atoms. The van der Waals surface area contributed by atoms with Crippen molar-refractivity contribution in [2.75, 3.05) is 20.0 Å². The van der Waals surface area contributed by atoms with Gasteiger partial charge in [0, 0.05) is 59.3 Å².